The highest BCUT2D eigenvalue weighted by molar-refractivity contribution is 6.11. The Kier molecular flexibility index (Phi) is 4.35. The molecule has 2 N–H and O–H groups in total. The number of para-hydroxylation sites is 2. The number of ketones is 1. The fourth-order valence-electron chi connectivity index (χ4n) is 2.57. The van der Waals surface area contributed by atoms with Crippen LogP contribution in [0.25, 0.3) is 5.69 Å². The molecule has 0 aliphatic heterocycles. The molecule has 0 radical (unpaired) electrons. The van der Waals surface area contributed by atoms with Crippen molar-refractivity contribution in [3.05, 3.63) is 88.0 Å². The van der Waals surface area contributed by atoms with Crippen LogP contribution in [0.5, 0.6) is 5.75 Å². The maximum absolute atomic E-state index is 13.1. The second-order valence-electron chi connectivity index (χ2n) is 5.31. The Morgan fingerprint density at radius 2 is 1.72 bits per heavy atom. The van der Waals surface area contributed by atoms with Crippen LogP contribution in [0, 0.1) is 5.82 Å². The van der Waals surface area contributed by atoms with Gasteiger partial charge in [-0.1, -0.05) is 12.1 Å². The number of aromatic nitrogens is 1. The molecule has 0 bridgehead atoms. The van der Waals surface area contributed by atoms with E-state index in [0.717, 1.165) is 0 Å². The number of pyridine rings is 1. The van der Waals surface area contributed by atoms with Crippen molar-refractivity contribution in [2.75, 3.05) is 12.8 Å². The second-order valence-corrected chi connectivity index (χ2v) is 5.31. The number of carbonyl (C=O) groups is 1. The largest absolute Gasteiger partial charge is 0.495 e. The Balaban J connectivity index is 2.17. The first-order valence-electron chi connectivity index (χ1n) is 7.48. The van der Waals surface area contributed by atoms with Gasteiger partial charge in [-0.15, -0.1) is 0 Å². The number of carbonyl (C=O) groups excluding carboxylic acids is 1. The Labute approximate surface area is 143 Å². The third-order valence-corrected chi connectivity index (χ3v) is 3.81. The molecule has 1 aromatic heterocycles. The van der Waals surface area contributed by atoms with Crippen molar-refractivity contribution in [2.45, 2.75) is 0 Å². The molecule has 0 saturated heterocycles. The smallest absolute Gasteiger partial charge is 0.256 e. The number of anilines is 1. The minimum atomic E-state index is -0.441. The van der Waals surface area contributed by atoms with Gasteiger partial charge in [0.2, 0.25) is 0 Å². The lowest BCUT2D eigenvalue weighted by molar-refractivity contribution is 0.103. The minimum absolute atomic E-state index is 0.00803. The summed E-state index contributed by atoms with van der Waals surface area (Å²) >= 11 is 0. The van der Waals surface area contributed by atoms with Crippen LogP contribution in [0.3, 0.4) is 0 Å². The van der Waals surface area contributed by atoms with Gasteiger partial charge in [0.15, 0.2) is 5.78 Å². The fraction of sp³-hybridized carbons (Fsp3) is 0.0526. The fourth-order valence-corrected chi connectivity index (χ4v) is 2.57. The van der Waals surface area contributed by atoms with Crippen molar-refractivity contribution >= 4 is 11.6 Å². The van der Waals surface area contributed by atoms with Crippen molar-refractivity contribution < 1.29 is 13.9 Å². The van der Waals surface area contributed by atoms with Gasteiger partial charge in [-0.3, -0.25) is 14.2 Å². The molecule has 0 atom stereocenters. The van der Waals surface area contributed by atoms with Gasteiger partial charge in [0.25, 0.3) is 5.56 Å². The van der Waals surface area contributed by atoms with Gasteiger partial charge in [-0.2, -0.15) is 0 Å². The van der Waals surface area contributed by atoms with Crippen molar-refractivity contribution in [3.63, 3.8) is 0 Å². The molecule has 3 rings (SSSR count). The molecular formula is C19H15FN2O3. The van der Waals surface area contributed by atoms with E-state index in [1.54, 1.807) is 24.3 Å². The van der Waals surface area contributed by atoms with E-state index >= 15 is 0 Å². The second kappa shape index (κ2) is 6.60. The summed E-state index contributed by atoms with van der Waals surface area (Å²) in [5, 5.41) is 0. The summed E-state index contributed by atoms with van der Waals surface area (Å²) in [5.41, 5.74) is 6.59. The maximum atomic E-state index is 13.1. The van der Waals surface area contributed by atoms with Crippen LogP contribution in [0.4, 0.5) is 10.2 Å². The Morgan fingerprint density at radius 3 is 2.40 bits per heavy atom. The van der Waals surface area contributed by atoms with Crippen molar-refractivity contribution in [1.82, 2.24) is 4.57 Å². The lowest BCUT2D eigenvalue weighted by atomic mass is 10.0. The van der Waals surface area contributed by atoms with Gasteiger partial charge in [0.05, 0.1) is 18.4 Å². The van der Waals surface area contributed by atoms with Gasteiger partial charge in [0.1, 0.15) is 17.4 Å². The van der Waals surface area contributed by atoms with Crippen LogP contribution in [0.15, 0.2) is 65.5 Å². The summed E-state index contributed by atoms with van der Waals surface area (Å²) in [6.07, 6.45) is 0. The van der Waals surface area contributed by atoms with Crippen LogP contribution < -0.4 is 16.0 Å². The maximum Gasteiger partial charge on any atom is 0.256 e. The molecule has 25 heavy (non-hydrogen) atoms. The number of nitrogens with zero attached hydrogens (tertiary/aromatic N) is 1. The van der Waals surface area contributed by atoms with Crippen LogP contribution in [0.1, 0.15) is 15.9 Å². The number of methoxy groups -OCH3 is 1. The standard InChI is InChI=1S/C19H15FN2O3/c1-25-16-5-3-2-4-15(16)22-17(23)11-10-14(19(22)21)18(24)12-6-8-13(20)9-7-12/h2-11H,21H2,1H3. The highest BCUT2D eigenvalue weighted by atomic mass is 19.1. The van der Waals surface area contributed by atoms with E-state index in [4.69, 9.17) is 10.5 Å². The summed E-state index contributed by atoms with van der Waals surface area (Å²) in [6.45, 7) is 0. The van der Waals surface area contributed by atoms with Crippen LogP contribution in [0.2, 0.25) is 0 Å². The average Bonchev–Trinajstić information content (AvgIpc) is 2.62. The topological polar surface area (TPSA) is 74.3 Å². The lowest BCUT2D eigenvalue weighted by Crippen LogP contribution is -2.24. The molecule has 2 aromatic carbocycles. The summed E-state index contributed by atoms with van der Waals surface area (Å²) in [7, 11) is 1.48. The third kappa shape index (κ3) is 3.01. The number of nitrogen functional groups attached to an aromatic ring is 1. The molecule has 0 fully saturated rings. The third-order valence-electron chi connectivity index (χ3n) is 3.81. The zero-order valence-corrected chi connectivity index (χ0v) is 13.4. The lowest BCUT2D eigenvalue weighted by Gasteiger charge is -2.15. The summed E-state index contributed by atoms with van der Waals surface area (Å²) in [5.74, 6) is -0.404. The zero-order valence-electron chi connectivity index (χ0n) is 13.4. The van der Waals surface area contributed by atoms with Gasteiger partial charge >= 0.3 is 0 Å². The van der Waals surface area contributed by atoms with E-state index in [2.05, 4.69) is 0 Å². The first-order chi connectivity index (χ1) is 12.0. The van der Waals surface area contributed by atoms with Gasteiger partial charge < -0.3 is 10.5 Å². The predicted molar refractivity (Wildman–Crippen MR) is 92.8 cm³/mol. The molecule has 0 aliphatic rings. The number of rotatable bonds is 4. The number of ether oxygens (including phenoxy) is 1. The molecule has 0 unspecified atom stereocenters. The van der Waals surface area contributed by atoms with Gasteiger partial charge in [-0.05, 0) is 42.5 Å². The number of hydrogen-bond acceptors (Lipinski definition) is 4. The molecule has 0 spiro atoms. The molecule has 3 aromatic rings. The SMILES string of the molecule is COc1ccccc1-n1c(N)c(C(=O)c2ccc(F)cc2)ccc1=O. The quantitative estimate of drug-likeness (QED) is 0.742. The van der Waals surface area contributed by atoms with Crippen molar-refractivity contribution in [2.24, 2.45) is 0 Å². The first-order valence-corrected chi connectivity index (χ1v) is 7.48. The zero-order chi connectivity index (χ0) is 18.0. The van der Waals surface area contributed by atoms with Crippen molar-refractivity contribution in [1.29, 1.82) is 0 Å². The summed E-state index contributed by atoms with van der Waals surface area (Å²) < 4.78 is 19.5. The highest BCUT2D eigenvalue weighted by Crippen LogP contribution is 2.25. The monoisotopic (exact) mass is 338 g/mol. The number of nitrogens with two attached hydrogens (primary N) is 1. The molecule has 126 valence electrons. The summed E-state index contributed by atoms with van der Waals surface area (Å²) in [6, 6.07) is 14.6. The van der Waals surface area contributed by atoms with Gasteiger partial charge in [0, 0.05) is 11.6 Å². The Hall–Kier alpha value is -3.41. The van der Waals surface area contributed by atoms with E-state index in [-0.39, 0.29) is 16.9 Å². The minimum Gasteiger partial charge on any atom is -0.495 e. The Bertz CT molecular complexity index is 994. The van der Waals surface area contributed by atoms with Crippen LogP contribution in [-0.4, -0.2) is 17.5 Å². The highest BCUT2D eigenvalue weighted by Gasteiger charge is 2.18. The van der Waals surface area contributed by atoms with Crippen LogP contribution in [-0.2, 0) is 0 Å². The van der Waals surface area contributed by atoms with E-state index < -0.39 is 17.2 Å². The summed E-state index contributed by atoms with van der Waals surface area (Å²) in [4.78, 5) is 25.0. The molecular weight excluding hydrogens is 323 g/mol. The average molecular weight is 338 g/mol. The van der Waals surface area contributed by atoms with Crippen LogP contribution >= 0.6 is 0 Å². The van der Waals surface area contributed by atoms with Gasteiger partial charge in [-0.25, -0.2) is 4.39 Å². The van der Waals surface area contributed by atoms with E-state index in [9.17, 15) is 14.0 Å². The number of hydrogen-bond donors (Lipinski definition) is 1. The predicted octanol–water partition coefficient (Wildman–Crippen LogP) is 2.80. The molecule has 6 heteroatoms. The van der Waals surface area contributed by atoms with E-state index in [0.29, 0.717) is 11.4 Å². The number of halogens is 1. The molecule has 0 amide bonds. The molecule has 5 nitrogen and oxygen atoms in total. The molecule has 0 aliphatic carbocycles. The molecule has 0 saturated carbocycles. The molecule has 1 heterocycles. The van der Waals surface area contributed by atoms with E-state index in [1.165, 1.54) is 48.1 Å². The normalized spacial score (nSPS) is 10.5. The van der Waals surface area contributed by atoms with Crippen molar-refractivity contribution in [3.8, 4) is 11.4 Å². The van der Waals surface area contributed by atoms with E-state index in [1.807, 2.05) is 0 Å². The Morgan fingerprint density at radius 1 is 1.04 bits per heavy atom. The number of benzene rings is 2. The first kappa shape index (κ1) is 16.4.